The zero-order valence-electron chi connectivity index (χ0n) is 21.3. The molecule has 216 valence electrons. The van der Waals surface area contributed by atoms with Crippen molar-refractivity contribution in [2.24, 2.45) is 5.10 Å². The van der Waals surface area contributed by atoms with E-state index < -0.39 is 35.3 Å². The second-order valence-corrected chi connectivity index (χ2v) is 8.45. The molecule has 16 heteroatoms. The first-order chi connectivity index (χ1) is 18.3. The van der Waals surface area contributed by atoms with Crippen molar-refractivity contribution in [1.29, 1.82) is 0 Å². The van der Waals surface area contributed by atoms with Gasteiger partial charge in [0, 0.05) is 30.8 Å². The number of nitro benzene ring substituents is 1. The van der Waals surface area contributed by atoms with E-state index in [1.807, 2.05) is 13.8 Å². The van der Waals surface area contributed by atoms with Gasteiger partial charge in [0.15, 0.2) is 0 Å². The fourth-order valence-electron chi connectivity index (χ4n) is 3.31. The summed E-state index contributed by atoms with van der Waals surface area (Å²) < 4.78 is 83.1. The Hall–Kier alpha value is -3.72. The molecule has 1 aromatic carbocycles. The lowest BCUT2D eigenvalue weighted by Gasteiger charge is -2.25. The van der Waals surface area contributed by atoms with E-state index in [9.17, 15) is 36.5 Å². The number of halogens is 6. The molecule has 1 heterocycles. The van der Waals surface area contributed by atoms with Crippen LogP contribution in [0.15, 0.2) is 29.4 Å². The van der Waals surface area contributed by atoms with Crippen molar-refractivity contribution < 1.29 is 36.0 Å². The van der Waals surface area contributed by atoms with E-state index in [0.29, 0.717) is 25.9 Å². The van der Waals surface area contributed by atoms with Gasteiger partial charge in [-0.25, -0.2) is 5.43 Å². The predicted octanol–water partition coefficient (Wildman–Crippen LogP) is 6.28. The molecule has 1 N–H and O–H groups in total. The van der Waals surface area contributed by atoms with Crippen LogP contribution in [0, 0.1) is 10.1 Å². The van der Waals surface area contributed by atoms with Gasteiger partial charge in [-0.15, -0.1) is 0 Å². The van der Waals surface area contributed by atoms with Crippen LogP contribution >= 0.6 is 0 Å². The van der Waals surface area contributed by atoms with Crippen molar-refractivity contribution in [3.8, 4) is 6.01 Å². The third-order valence-corrected chi connectivity index (χ3v) is 5.23. The van der Waals surface area contributed by atoms with Crippen LogP contribution in [0.4, 0.5) is 43.9 Å². The molecule has 0 aliphatic rings. The Kier molecular flexibility index (Phi) is 11.7. The van der Waals surface area contributed by atoms with Crippen LogP contribution in [-0.2, 0) is 0 Å². The summed E-state index contributed by atoms with van der Waals surface area (Å²) in [5.74, 6) is -0.654. The number of unbranched alkanes of at least 4 members (excludes halogenated alkanes) is 4. The topological polar surface area (TPSA) is 119 Å². The normalized spacial score (nSPS) is 12.2. The second kappa shape index (κ2) is 14.4. The third-order valence-electron chi connectivity index (χ3n) is 5.23. The molecule has 10 nitrogen and oxygen atoms in total. The molecule has 2 aromatic rings. The van der Waals surface area contributed by atoms with Gasteiger partial charge in [-0.05, 0) is 12.8 Å². The van der Waals surface area contributed by atoms with Gasteiger partial charge in [0.1, 0.15) is 0 Å². The number of nitrogens with zero attached hydrogens (tertiary/aromatic N) is 6. The Morgan fingerprint density at radius 1 is 1.03 bits per heavy atom. The monoisotopic (exact) mass is 565 g/mol. The Morgan fingerprint density at radius 3 is 2.18 bits per heavy atom. The highest BCUT2D eigenvalue weighted by atomic mass is 19.4. The lowest BCUT2D eigenvalue weighted by Crippen LogP contribution is -2.47. The highest BCUT2D eigenvalue weighted by Crippen LogP contribution is 2.36. The number of hydrazone groups is 1. The number of alkyl halides is 6. The fourth-order valence-corrected chi connectivity index (χ4v) is 3.31. The SMILES string of the molecule is CCCCCN(CCCCC)c1nc(NN=Cc2cccc([N+](=O)[O-])c2)nc(OC(C(F)(F)F)C(F)(F)F)n1. The first-order valence-electron chi connectivity index (χ1n) is 12.2. The molecule has 0 radical (unpaired) electrons. The highest BCUT2D eigenvalue weighted by molar-refractivity contribution is 5.81. The van der Waals surface area contributed by atoms with Crippen molar-refractivity contribution in [2.45, 2.75) is 70.8 Å². The quantitative estimate of drug-likeness (QED) is 0.0881. The Balaban J connectivity index is 2.43. The van der Waals surface area contributed by atoms with Crippen LogP contribution in [0.1, 0.15) is 57.9 Å². The predicted molar refractivity (Wildman–Crippen MR) is 132 cm³/mol. The summed E-state index contributed by atoms with van der Waals surface area (Å²) in [4.78, 5) is 23.4. The van der Waals surface area contributed by atoms with E-state index in [-0.39, 0.29) is 17.2 Å². The van der Waals surface area contributed by atoms with Gasteiger partial charge in [-0.1, -0.05) is 51.7 Å². The maximum Gasteiger partial charge on any atom is 0.434 e. The molecule has 0 bridgehead atoms. The number of benzene rings is 1. The summed E-state index contributed by atoms with van der Waals surface area (Å²) in [6.45, 7) is 4.76. The number of rotatable bonds is 15. The van der Waals surface area contributed by atoms with Crippen LogP contribution in [0.5, 0.6) is 6.01 Å². The number of nitro groups is 1. The molecule has 1 aromatic heterocycles. The minimum absolute atomic E-state index is 0.177. The van der Waals surface area contributed by atoms with E-state index in [4.69, 9.17) is 0 Å². The van der Waals surface area contributed by atoms with E-state index >= 15 is 0 Å². The number of ether oxygens (including phenoxy) is 1. The van der Waals surface area contributed by atoms with Crippen molar-refractivity contribution in [3.63, 3.8) is 0 Å². The molecule has 0 unspecified atom stereocenters. The standard InChI is InChI=1S/C23H29F6N7O3/c1-3-5-7-12-35(13-8-6-4-2)20-31-19(34-30-15-16-10-9-11-17(14-16)36(37)38)32-21(33-20)39-18(22(24,25)26)23(27,28)29/h9-11,14-15,18H,3-8,12-13H2,1-2H3,(H,31,32,33,34). The minimum Gasteiger partial charge on any atom is -0.440 e. The summed E-state index contributed by atoms with van der Waals surface area (Å²) in [5, 5.41) is 14.8. The van der Waals surface area contributed by atoms with Gasteiger partial charge >= 0.3 is 18.4 Å². The molecule has 0 atom stereocenters. The number of aromatic nitrogens is 3. The molecule has 0 spiro atoms. The second-order valence-electron chi connectivity index (χ2n) is 8.45. The van der Waals surface area contributed by atoms with Crippen molar-refractivity contribution in [3.05, 3.63) is 39.9 Å². The molecule has 0 saturated heterocycles. The number of nitrogens with one attached hydrogen (secondary N) is 1. The van der Waals surface area contributed by atoms with Crippen LogP contribution < -0.4 is 15.1 Å². The van der Waals surface area contributed by atoms with Crippen LogP contribution in [0.2, 0.25) is 0 Å². The molecule has 0 aliphatic heterocycles. The average Bonchev–Trinajstić information content (AvgIpc) is 2.85. The zero-order chi connectivity index (χ0) is 29.1. The molecular weight excluding hydrogens is 536 g/mol. The van der Waals surface area contributed by atoms with E-state index in [0.717, 1.165) is 31.9 Å². The van der Waals surface area contributed by atoms with Crippen LogP contribution in [0.3, 0.4) is 0 Å². The molecular formula is C23H29F6N7O3. The van der Waals surface area contributed by atoms with E-state index in [1.54, 1.807) is 4.90 Å². The maximum absolute atomic E-state index is 13.1. The Labute approximate surface area is 220 Å². The molecule has 39 heavy (non-hydrogen) atoms. The van der Waals surface area contributed by atoms with Gasteiger partial charge in [0.2, 0.25) is 5.95 Å². The summed E-state index contributed by atoms with van der Waals surface area (Å²) >= 11 is 0. The molecule has 0 saturated carbocycles. The highest BCUT2D eigenvalue weighted by Gasteiger charge is 2.59. The van der Waals surface area contributed by atoms with Crippen molar-refractivity contribution >= 4 is 23.8 Å². The maximum atomic E-state index is 13.1. The van der Waals surface area contributed by atoms with Gasteiger partial charge in [0.05, 0.1) is 11.1 Å². The Bertz CT molecular complexity index is 1070. The summed E-state index contributed by atoms with van der Waals surface area (Å²) in [6, 6.07) is 4.18. The average molecular weight is 566 g/mol. The van der Waals surface area contributed by atoms with Gasteiger partial charge in [-0.3, -0.25) is 10.1 Å². The van der Waals surface area contributed by atoms with Crippen LogP contribution in [0.25, 0.3) is 0 Å². The summed E-state index contributed by atoms with van der Waals surface area (Å²) in [6.07, 6.45) is -9.76. The van der Waals surface area contributed by atoms with E-state index in [1.165, 1.54) is 24.3 Å². The van der Waals surface area contributed by atoms with Gasteiger partial charge in [0.25, 0.3) is 17.7 Å². The lowest BCUT2D eigenvalue weighted by molar-refractivity contribution is -0.384. The van der Waals surface area contributed by atoms with Crippen LogP contribution in [-0.4, -0.2) is 57.6 Å². The summed E-state index contributed by atoms with van der Waals surface area (Å²) in [5.41, 5.74) is 2.41. The summed E-state index contributed by atoms with van der Waals surface area (Å²) in [7, 11) is 0. The number of hydrogen-bond acceptors (Lipinski definition) is 9. The van der Waals surface area contributed by atoms with Gasteiger partial charge < -0.3 is 9.64 Å². The Morgan fingerprint density at radius 2 is 1.64 bits per heavy atom. The van der Waals surface area contributed by atoms with Gasteiger partial charge in [-0.2, -0.15) is 46.4 Å². The lowest BCUT2D eigenvalue weighted by atomic mass is 10.2. The number of hydrogen-bond donors (Lipinski definition) is 1. The first-order valence-corrected chi connectivity index (χ1v) is 12.2. The molecule has 2 rings (SSSR count). The molecule has 0 aliphatic carbocycles. The van der Waals surface area contributed by atoms with Crippen molar-refractivity contribution in [2.75, 3.05) is 23.4 Å². The number of non-ortho nitro benzene ring substituents is 1. The fraction of sp³-hybridized carbons (Fsp3) is 0.565. The molecule has 0 amide bonds. The molecule has 0 fully saturated rings. The van der Waals surface area contributed by atoms with E-state index in [2.05, 4.69) is 30.2 Å². The largest absolute Gasteiger partial charge is 0.440 e. The third kappa shape index (κ3) is 10.5. The first kappa shape index (κ1) is 31.5. The smallest absolute Gasteiger partial charge is 0.434 e. The zero-order valence-corrected chi connectivity index (χ0v) is 21.3. The minimum atomic E-state index is -5.78. The van der Waals surface area contributed by atoms with Crippen molar-refractivity contribution in [1.82, 2.24) is 15.0 Å². The number of anilines is 2.